The topological polar surface area (TPSA) is 55.7 Å². The van der Waals surface area contributed by atoms with Gasteiger partial charge in [-0.15, -0.1) is 0 Å². The normalized spacial score (nSPS) is 12.5. The molecule has 0 aliphatic carbocycles. The first-order chi connectivity index (χ1) is 5.99. The van der Waals surface area contributed by atoms with Gasteiger partial charge in [-0.2, -0.15) is 0 Å². The van der Waals surface area contributed by atoms with Crippen LogP contribution < -0.4 is 5.32 Å². The summed E-state index contributed by atoms with van der Waals surface area (Å²) >= 11 is 0. The highest BCUT2D eigenvalue weighted by molar-refractivity contribution is 4.69. The third kappa shape index (κ3) is 8.18. The van der Waals surface area contributed by atoms with Crippen molar-refractivity contribution in [3.05, 3.63) is 0 Å². The Labute approximate surface area is 80.6 Å². The first kappa shape index (κ1) is 12.8. The molecular formula is C9H22N2O2. The fourth-order valence-electron chi connectivity index (χ4n) is 0.952. The Bertz CT molecular complexity index is 119. The van der Waals surface area contributed by atoms with Gasteiger partial charge in [-0.1, -0.05) is 0 Å². The molecule has 0 aromatic heterocycles. The summed E-state index contributed by atoms with van der Waals surface area (Å²) in [6.45, 7) is 7.81. The van der Waals surface area contributed by atoms with Crippen LogP contribution >= 0.6 is 0 Å². The van der Waals surface area contributed by atoms with Crippen LogP contribution in [0.1, 0.15) is 27.2 Å². The lowest BCUT2D eigenvalue weighted by Crippen LogP contribution is -2.38. The van der Waals surface area contributed by atoms with E-state index in [4.69, 9.17) is 10.2 Å². The number of nitrogens with one attached hydrogen (secondary N) is 1. The number of rotatable bonds is 6. The summed E-state index contributed by atoms with van der Waals surface area (Å²) in [5.41, 5.74) is 0.142. The molecule has 0 rings (SSSR count). The molecule has 0 amide bonds. The zero-order valence-corrected chi connectivity index (χ0v) is 8.88. The van der Waals surface area contributed by atoms with Gasteiger partial charge in [0.25, 0.3) is 0 Å². The Hall–Kier alpha value is -0.160. The summed E-state index contributed by atoms with van der Waals surface area (Å²) in [5, 5.41) is 20.8. The molecule has 0 heterocycles. The molecule has 0 saturated heterocycles. The van der Waals surface area contributed by atoms with Gasteiger partial charge in [0.15, 0.2) is 0 Å². The lowest BCUT2D eigenvalue weighted by molar-refractivity contribution is 0.0287. The lowest BCUT2D eigenvalue weighted by atomic mass is 10.1. The van der Waals surface area contributed by atoms with E-state index in [1.54, 1.807) is 4.90 Å². The van der Waals surface area contributed by atoms with E-state index in [1.165, 1.54) is 0 Å². The summed E-state index contributed by atoms with van der Waals surface area (Å²) in [7, 11) is 0. The van der Waals surface area contributed by atoms with Gasteiger partial charge in [0.2, 0.25) is 0 Å². The van der Waals surface area contributed by atoms with Gasteiger partial charge in [0, 0.05) is 12.1 Å². The highest BCUT2D eigenvalue weighted by atomic mass is 16.3. The molecule has 3 N–H and O–H groups in total. The maximum Gasteiger partial charge on any atom is 0.0974 e. The molecule has 13 heavy (non-hydrogen) atoms. The average molecular weight is 190 g/mol. The highest BCUT2D eigenvalue weighted by Crippen LogP contribution is 1.98. The molecule has 0 aromatic carbocycles. The monoisotopic (exact) mass is 190 g/mol. The van der Waals surface area contributed by atoms with E-state index in [9.17, 15) is 0 Å². The molecule has 0 aliphatic rings. The van der Waals surface area contributed by atoms with E-state index in [2.05, 4.69) is 26.1 Å². The summed E-state index contributed by atoms with van der Waals surface area (Å²) < 4.78 is 0. The molecule has 0 atom stereocenters. The van der Waals surface area contributed by atoms with Crippen molar-refractivity contribution in [1.29, 1.82) is 0 Å². The smallest absolute Gasteiger partial charge is 0.0974 e. The molecule has 0 saturated carbocycles. The van der Waals surface area contributed by atoms with Crippen LogP contribution in [0, 0.1) is 0 Å². The Kier molecular flexibility index (Phi) is 6.24. The maximum absolute atomic E-state index is 8.73. The van der Waals surface area contributed by atoms with Crippen molar-refractivity contribution < 1.29 is 10.2 Å². The van der Waals surface area contributed by atoms with E-state index in [1.807, 2.05) is 0 Å². The Morgan fingerprint density at radius 3 is 2.08 bits per heavy atom. The Morgan fingerprint density at radius 2 is 1.69 bits per heavy atom. The van der Waals surface area contributed by atoms with Gasteiger partial charge in [0.1, 0.15) is 0 Å². The van der Waals surface area contributed by atoms with E-state index in [0.29, 0.717) is 0 Å². The van der Waals surface area contributed by atoms with Crippen LogP contribution in [0.25, 0.3) is 0 Å². The number of hydrogen-bond donors (Lipinski definition) is 3. The van der Waals surface area contributed by atoms with Crippen LogP contribution in [0.15, 0.2) is 0 Å². The first-order valence-electron chi connectivity index (χ1n) is 4.68. The molecule has 0 fully saturated rings. The summed E-state index contributed by atoms with van der Waals surface area (Å²) in [6, 6.07) is 0. The van der Waals surface area contributed by atoms with Crippen molar-refractivity contribution in [3.63, 3.8) is 0 Å². The van der Waals surface area contributed by atoms with Crippen LogP contribution in [-0.2, 0) is 0 Å². The second kappa shape index (κ2) is 6.32. The maximum atomic E-state index is 8.73. The van der Waals surface area contributed by atoms with Crippen LogP contribution in [0.3, 0.4) is 0 Å². The number of nitrogens with zero attached hydrogens (tertiary/aromatic N) is 1. The molecule has 4 nitrogen and oxygen atoms in total. The third-order valence-electron chi connectivity index (χ3n) is 1.71. The van der Waals surface area contributed by atoms with Crippen LogP contribution in [0.4, 0.5) is 0 Å². The predicted molar refractivity (Wildman–Crippen MR) is 53.3 cm³/mol. The van der Waals surface area contributed by atoms with Gasteiger partial charge in [-0.05, 0) is 33.7 Å². The van der Waals surface area contributed by atoms with Gasteiger partial charge in [0.05, 0.1) is 13.5 Å². The van der Waals surface area contributed by atoms with Crippen molar-refractivity contribution in [2.24, 2.45) is 0 Å². The second-order valence-corrected chi connectivity index (χ2v) is 4.21. The number of aliphatic hydroxyl groups excluding tert-OH is 2. The van der Waals surface area contributed by atoms with E-state index in [-0.39, 0.29) is 19.0 Å². The Balaban J connectivity index is 3.34. The fraction of sp³-hybridized carbons (Fsp3) is 1.00. The zero-order valence-electron chi connectivity index (χ0n) is 8.88. The van der Waals surface area contributed by atoms with Gasteiger partial charge < -0.3 is 15.5 Å². The summed E-state index contributed by atoms with van der Waals surface area (Å²) in [5.74, 6) is 0. The van der Waals surface area contributed by atoms with Crippen molar-refractivity contribution in [2.75, 3.05) is 26.6 Å². The van der Waals surface area contributed by atoms with E-state index < -0.39 is 0 Å². The minimum atomic E-state index is -0.0774. The molecule has 0 aromatic rings. The predicted octanol–water partition coefficient (Wildman–Crippen LogP) is -0.0338. The molecule has 80 valence electrons. The molecule has 0 spiro atoms. The minimum Gasteiger partial charge on any atom is -0.381 e. The third-order valence-corrected chi connectivity index (χ3v) is 1.71. The molecule has 0 radical (unpaired) electrons. The van der Waals surface area contributed by atoms with Crippen molar-refractivity contribution in [2.45, 2.75) is 32.7 Å². The summed E-state index contributed by atoms with van der Waals surface area (Å²) in [6.07, 6.45) is 0.929. The largest absolute Gasteiger partial charge is 0.381 e. The fourth-order valence-corrected chi connectivity index (χ4v) is 0.952. The van der Waals surface area contributed by atoms with Crippen LogP contribution in [0.2, 0.25) is 0 Å². The summed E-state index contributed by atoms with van der Waals surface area (Å²) in [4.78, 5) is 1.57. The quantitative estimate of drug-likeness (QED) is 0.406. The molecule has 0 unspecified atom stereocenters. The SMILES string of the molecule is CC(C)(C)NCCCN(CO)CO. The lowest BCUT2D eigenvalue weighted by Gasteiger charge is -2.22. The van der Waals surface area contributed by atoms with Crippen molar-refractivity contribution in [3.8, 4) is 0 Å². The van der Waals surface area contributed by atoms with E-state index in [0.717, 1.165) is 19.5 Å². The standard InChI is InChI=1S/C9H22N2O2/c1-9(2,3)10-5-4-6-11(7-12)8-13/h10,12-13H,4-8H2,1-3H3. The molecular weight excluding hydrogens is 168 g/mol. The molecule has 0 aliphatic heterocycles. The highest BCUT2D eigenvalue weighted by Gasteiger charge is 2.07. The number of aliphatic hydroxyl groups is 2. The minimum absolute atomic E-state index is 0.0774. The van der Waals surface area contributed by atoms with Crippen LogP contribution in [0.5, 0.6) is 0 Å². The van der Waals surface area contributed by atoms with Gasteiger partial charge in [-0.25, -0.2) is 0 Å². The van der Waals surface area contributed by atoms with Crippen LogP contribution in [-0.4, -0.2) is 47.2 Å². The average Bonchev–Trinajstić information content (AvgIpc) is 2.03. The van der Waals surface area contributed by atoms with Crippen molar-refractivity contribution >= 4 is 0 Å². The Morgan fingerprint density at radius 1 is 1.15 bits per heavy atom. The van der Waals surface area contributed by atoms with Gasteiger partial charge >= 0.3 is 0 Å². The zero-order chi connectivity index (χ0) is 10.3. The second-order valence-electron chi connectivity index (χ2n) is 4.21. The van der Waals surface area contributed by atoms with Crippen molar-refractivity contribution in [1.82, 2.24) is 10.2 Å². The van der Waals surface area contributed by atoms with E-state index >= 15 is 0 Å². The first-order valence-corrected chi connectivity index (χ1v) is 4.68. The molecule has 4 heteroatoms. The molecule has 0 bridgehead atoms. The number of hydrogen-bond acceptors (Lipinski definition) is 4. The van der Waals surface area contributed by atoms with Gasteiger partial charge in [-0.3, -0.25) is 4.90 Å².